The van der Waals surface area contributed by atoms with Gasteiger partial charge in [0.15, 0.2) is 5.78 Å². The summed E-state index contributed by atoms with van der Waals surface area (Å²) in [6.07, 6.45) is 8.15. The van der Waals surface area contributed by atoms with Gasteiger partial charge in [-0.1, -0.05) is 45.9 Å². The van der Waals surface area contributed by atoms with E-state index in [-0.39, 0.29) is 17.4 Å². The highest BCUT2D eigenvalue weighted by molar-refractivity contribution is 7.10. The van der Waals surface area contributed by atoms with Crippen molar-refractivity contribution in [3.05, 3.63) is 99.3 Å². The Kier molecular flexibility index (Phi) is 13.2. The van der Waals surface area contributed by atoms with Crippen LogP contribution in [-0.2, 0) is 23.8 Å². The summed E-state index contributed by atoms with van der Waals surface area (Å²) in [6, 6.07) is 4.70. The van der Waals surface area contributed by atoms with Gasteiger partial charge in [-0.2, -0.15) is 13.2 Å². The minimum atomic E-state index is -4.43. The summed E-state index contributed by atoms with van der Waals surface area (Å²) in [7, 11) is 2.15. The van der Waals surface area contributed by atoms with E-state index in [1.807, 2.05) is 37.1 Å². The molecule has 6 nitrogen and oxygen atoms in total. The van der Waals surface area contributed by atoms with Crippen molar-refractivity contribution in [1.29, 1.82) is 0 Å². The monoisotopic (exact) mass is 642 g/mol. The number of carbonyl (C=O) groups is 2. The number of alkyl halides is 3. The van der Waals surface area contributed by atoms with Crippen molar-refractivity contribution in [1.82, 2.24) is 14.7 Å². The second kappa shape index (κ2) is 16.6. The average Bonchev–Trinajstić information content (AvgIpc) is 3.43. The van der Waals surface area contributed by atoms with Gasteiger partial charge < -0.3 is 20.0 Å². The zero-order valence-electron chi connectivity index (χ0n) is 27.0. The molecule has 0 aliphatic carbocycles. The van der Waals surface area contributed by atoms with E-state index in [4.69, 9.17) is 0 Å². The smallest absolute Gasteiger partial charge is 0.368 e. The Hall–Kier alpha value is -3.63. The number of piperazine rings is 1. The highest BCUT2D eigenvalue weighted by Gasteiger charge is 2.30. The van der Waals surface area contributed by atoms with E-state index in [1.54, 1.807) is 12.3 Å². The lowest BCUT2D eigenvalue weighted by Gasteiger charge is -2.37. The summed E-state index contributed by atoms with van der Waals surface area (Å²) < 4.78 is 38.3. The molecule has 4 rings (SSSR count). The molecule has 3 heterocycles. The van der Waals surface area contributed by atoms with Crippen molar-refractivity contribution in [3.8, 4) is 0 Å². The number of ketones is 1. The molecule has 0 radical (unpaired) electrons. The molecule has 2 aliphatic heterocycles. The van der Waals surface area contributed by atoms with E-state index in [2.05, 4.69) is 41.7 Å². The molecule has 0 atom stereocenters. The lowest BCUT2D eigenvalue weighted by molar-refractivity contribution is -0.137. The van der Waals surface area contributed by atoms with Crippen molar-refractivity contribution in [2.75, 3.05) is 38.5 Å². The molecule has 1 amide bonds. The third kappa shape index (κ3) is 9.93. The Labute approximate surface area is 269 Å². The van der Waals surface area contributed by atoms with E-state index in [1.165, 1.54) is 23.5 Å². The lowest BCUT2D eigenvalue weighted by atomic mass is 10.0. The number of benzene rings is 1. The van der Waals surface area contributed by atoms with Crippen molar-refractivity contribution in [2.24, 2.45) is 0 Å². The number of carbonyl (C=O) groups excluding carboxylic acids is 2. The summed E-state index contributed by atoms with van der Waals surface area (Å²) in [6.45, 7) is 16.0. The van der Waals surface area contributed by atoms with Crippen LogP contribution in [0.15, 0.2) is 77.7 Å². The number of allylic oxidation sites excluding steroid dienone is 4. The van der Waals surface area contributed by atoms with Gasteiger partial charge in [-0.3, -0.25) is 9.59 Å². The third-order valence-corrected chi connectivity index (χ3v) is 8.85. The number of anilines is 1. The number of nitrogens with one attached hydrogen (secondary N) is 1. The number of hydrogen-bond acceptors (Lipinski definition) is 6. The van der Waals surface area contributed by atoms with Crippen molar-refractivity contribution < 1.29 is 22.8 Å². The van der Waals surface area contributed by atoms with Gasteiger partial charge in [0.25, 0.3) is 5.91 Å². The molecular weight excluding hydrogens is 597 g/mol. The fraction of sp³-hybridized carbons (Fsp3) is 0.429. The van der Waals surface area contributed by atoms with Crippen LogP contribution in [0.1, 0.15) is 73.3 Å². The van der Waals surface area contributed by atoms with Crippen LogP contribution < -0.4 is 5.32 Å². The van der Waals surface area contributed by atoms with E-state index >= 15 is 0 Å². The highest BCUT2D eigenvalue weighted by atomic mass is 32.1. The van der Waals surface area contributed by atoms with Gasteiger partial charge in [0.2, 0.25) is 0 Å². The van der Waals surface area contributed by atoms with Crippen molar-refractivity contribution >= 4 is 28.7 Å². The molecule has 0 saturated carbocycles. The molecule has 1 N–H and O–H groups in total. The number of halogens is 3. The van der Waals surface area contributed by atoms with Crippen LogP contribution >= 0.6 is 11.3 Å². The Morgan fingerprint density at radius 2 is 1.80 bits per heavy atom. The molecule has 1 fully saturated rings. The van der Waals surface area contributed by atoms with Crippen LogP contribution in [0, 0.1) is 0 Å². The molecule has 0 spiro atoms. The molecule has 45 heavy (non-hydrogen) atoms. The summed E-state index contributed by atoms with van der Waals surface area (Å²) >= 11 is 1.53. The molecule has 1 aromatic heterocycles. The fourth-order valence-corrected chi connectivity index (χ4v) is 6.14. The number of rotatable bonds is 10. The van der Waals surface area contributed by atoms with Crippen molar-refractivity contribution in [3.63, 3.8) is 0 Å². The quantitative estimate of drug-likeness (QED) is 0.265. The van der Waals surface area contributed by atoms with Gasteiger partial charge >= 0.3 is 6.18 Å². The summed E-state index contributed by atoms with van der Waals surface area (Å²) in [4.78, 5) is 32.2. The number of unbranched alkanes of at least 4 members (excludes halogenated alkanes) is 1. The molecule has 1 saturated heterocycles. The van der Waals surface area contributed by atoms with Gasteiger partial charge in [-0.25, -0.2) is 0 Å². The Morgan fingerprint density at radius 1 is 1.09 bits per heavy atom. The van der Waals surface area contributed by atoms with Gasteiger partial charge in [0.05, 0.1) is 22.5 Å². The predicted molar refractivity (Wildman–Crippen MR) is 178 cm³/mol. The lowest BCUT2D eigenvalue weighted by Crippen LogP contribution is -2.44. The van der Waals surface area contributed by atoms with Gasteiger partial charge in [0.1, 0.15) is 0 Å². The first-order valence-corrected chi connectivity index (χ1v) is 16.4. The second-order valence-corrected chi connectivity index (χ2v) is 12.1. The van der Waals surface area contributed by atoms with Crippen LogP contribution in [0.25, 0.3) is 0 Å². The topological polar surface area (TPSA) is 55.9 Å². The third-order valence-electron chi connectivity index (χ3n) is 7.68. The number of amides is 1. The number of nitrogens with zero attached hydrogens (tertiary/aromatic N) is 3. The number of thiophene rings is 1. The SMILES string of the molecule is C=C1C=CC(N2CCN(C)CC2)=CN1/C(=C\CC)C(C)=O.CCCCc1c(C(=O)Nc2cccc(C(F)(F)F)c2)csc1CC. The van der Waals surface area contributed by atoms with Crippen LogP contribution in [0.2, 0.25) is 0 Å². The first kappa shape index (κ1) is 35.8. The molecule has 1 aromatic carbocycles. The average molecular weight is 643 g/mol. The maximum Gasteiger partial charge on any atom is 0.416 e. The van der Waals surface area contributed by atoms with Crippen LogP contribution in [0.3, 0.4) is 0 Å². The Bertz CT molecular complexity index is 1430. The largest absolute Gasteiger partial charge is 0.416 e. The highest BCUT2D eigenvalue weighted by Crippen LogP contribution is 2.31. The zero-order valence-corrected chi connectivity index (χ0v) is 27.8. The number of Topliss-reactive ketones (excluding diaryl/α,β-unsaturated/α-hetero) is 1. The standard InChI is InChI=1S/C18H20F3NOS.C17H25N3O/c1-3-5-9-14-15(11-24-16(14)4-2)17(23)22-13-8-6-7-12(10-13)18(19,20)21;1-5-6-17(15(3)21)20-13-16(8-7-14(20)2)19-11-9-18(4)10-12-19/h6-8,10-11H,3-5,9H2,1-2H3,(H,22,23);6-8,13H,2,5,9-12H2,1,3-4H3/b;17-6-. The Morgan fingerprint density at radius 3 is 2.40 bits per heavy atom. The van der Waals surface area contributed by atoms with Crippen LogP contribution in [0.5, 0.6) is 0 Å². The fourth-order valence-electron chi connectivity index (χ4n) is 5.11. The predicted octanol–water partition coefficient (Wildman–Crippen LogP) is 8.27. The van der Waals surface area contributed by atoms with Crippen LogP contribution in [0.4, 0.5) is 18.9 Å². The molecule has 10 heteroatoms. The van der Waals surface area contributed by atoms with Crippen molar-refractivity contribution in [2.45, 2.75) is 66.0 Å². The van der Waals surface area contributed by atoms with E-state index in [0.717, 1.165) is 92.3 Å². The second-order valence-electron chi connectivity index (χ2n) is 11.1. The molecule has 244 valence electrons. The first-order valence-electron chi connectivity index (χ1n) is 15.5. The van der Waals surface area contributed by atoms with E-state index in [0.29, 0.717) is 11.3 Å². The molecular formula is C35H45F3N4O2S. The minimum absolute atomic E-state index is 0.0716. The van der Waals surface area contributed by atoms with Gasteiger partial charge in [-0.15, -0.1) is 11.3 Å². The van der Waals surface area contributed by atoms with Crippen LogP contribution in [-0.4, -0.2) is 59.6 Å². The molecule has 2 aromatic rings. The maximum absolute atomic E-state index is 12.8. The normalized spacial score (nSPS) is 15.9. The molecule has 2 aliphatic rings. The molecule has 0 bridgehead atoms. The molecule has 0 unspecified atom stereocenters. The zero-order chi connectivity index (χ0) is 33.1. The van der Waals surface area contributed by atoms with Gasteiger partial charge in [0, 0.05) is 60.9 Å². The van der Waals surface area contributed by atoms with E-state index < -0.39 is 11.7 Å². The summed E-state index contributed by atoms with van der Waals surface area (Å²) in [5, 5.41) is 4.39. The number of aryl methyl sites for hydroxylation is 1. The number of hydrogen-bond donors (Lipinski definition) is 1. The Balaban J connectivity index is 0.000000248. The first-order chi connectivity index (χ1) is 21.4. The minimum Gasteiger partial charge on any atom is -0.368 e. The van der Waals surface area contributed by atoms with Gasteiger partial charge in [-0.05, 0) is 68.6 Å². The maximum atomic E-state index is 12.8. The number of likely N-dealkylation sites (N-methyl/N-ethyl adjacent to an activating group) is 1. The summed E-state index contributed by atoms with van der Waals surface area (Å²) in [5.41, 5.74) is 3.67. The van der Waals surface area contributed by atoms with E-state index in [9.17, 15) is 22.8 Å². The summed E-state index contributed by atoms with van der Waals surface area (Å²) in [5.74, 6) is -0.279.